The van der Waals surface area contributed by atoms with Crippen molar-refractivity contribution in [2.24, 2.45) is 5.92 Å². The molecule has 2 atom stereocenters. The first kappa shape index (κ1) is 20.8. The molecule has 7 nitrogen and oxygen atoms in total. The molecule has 4 rings (SSSR count). The second-order valence-corrected chi connectivity index (χ2v) is 9.27. The van der Waals surface area contributed by atoms with E-state index in [2.05, 4.69) is 15.1 Å². The van der Waals surface area contributed by atoms with E-state index in [0.29, 0.717) is 30.7 Å². The summed E-state index contributed by atoms with van der Waals surface area (Å²) >= 11 is 0. The summed E-state index contributed by atoms with van der Waals surface area (Å²) in [7, 11) is 0. The molecule has 3 amide bonds. The van der Waals surface area contributed by atoms with Gasteiger partial charge in [0.1, 0.15) is 0 Å². The predicted molar refractivity (Wildman–Crippen MR) is 112 cm³/mol. The molecule has 1 N–H and O–H groups in total. The topological polar surface area (TPSA) is 65.1 Å². The Bertz CT molecular complexity index is 574. The summed E-state index contributed by atoms with van der Waals surface area (Å²) in [4.78, 5) is 31.3. The number of hydrogen-bond donors (Lipinski definition) is 1. The monoisotopic (exact) mass is 406 g/mol. The smallest absolute Gasteiger partial charge is 0.409 e. The van der Waals surface area contributed by atoms with Gasteiger partial charge in [-0.15, -0.1) is 0 Å². The number of urea groups is 1. The van der Waals surface area contributed by atoms with Gasteiger partial charge in [-0.25, -0.2) is 9.59 Å². The predicted octanol–water partition coefficient (Wildman–Crippen LogP) is 3.05. The molecular formula is C22H38N4O3. The number of nitrogens with zero attached hydrogens (tertiary/aromatic N) is 3. The first-order valence-electron chi connectivity index (χ1n) is 11.9. The maximum atomic E-state index is 12.6. The van der Waals surface area contributed by atoms with Crippen LogP contribution in [0.5, 0.6) is 0 Å². The number of carbonyl (C=O) groups is 2. The average Bonchev–Trinajstić information content (AvgIpc) is 3.46. The van der Waals surface area contributed by atoms with E-state index >= 15 is 0 Å². The van der Waals surface area contributed by atoms with Crippen LogP contribution in [0.15, 0.2) is 0 Å². The van der Waals surface area contributed by atoms with E-state index in [1.54, 1.807) is 0 Å². The highest BCUT2D eigenvalue weighted by Gasteiger charge is 2.38. The summed E-state index contributed by atoms with van der Waals surface area (Å²) in [6, 6.07) is 1.63. The van der Waals surface area contributed by atoms with E-state index in [1.165, 1.54) is 25.7 Å². The molecule has 0 aromatic rings. The highest BCUT2D eigenvalue weighted by Crippen LogP contribution is 2.33. The number of rotatable bonds is 4. The van der Waals surface area contributed by atoms with Crippen molar-refractivity contribution in [3.63, 3.8) is 0 Å². The lowest BCUT2D eigenvalue weighted by Gasteiger charge is -2.41. The minimum Gasteiger partial charge on any atom is -0.450 e. The summed E-state index contributed by atoms with van der Waals surface area (Å²) in [6.07, 6.45) is 10.1. The second-order valence-electron chi connectivity index (χ2n) is 9.27. The Morgan fingerprint density at radius 2 is 1.66 bits per heavy atom. The largest absolute Gasteiger partial charge is 0.450 e. The van der Waals surface area contributed by atoms with Gasteiger partial charge in [0.15, 0.2) is 0 Å². The van der Waals surface area contributed by atoms with E-state index in [1.807, 2.05) is 11.8 Å². The van der Waals surface area contributed by atoms with Crippen molar-refractivity contribution in [2.45, 2.75) is 82.8 Å². The Balaban J connectivity index is 1.24. The molecule has 0 bridgehead atoms. The Morgan fingerprint density at radius 1 is 0.897 bits per heavy atom. The number of hydrogen-bond acceptors (Lipinski definition) is 4. The van der Waals surface area contributed by atoms with E-state index in [0.717, 1.165) is 64.8 Å². The quantitative estimate of drug-likeness (QED) is 0.779. The van der Waals surface area contributed by atoms with Crippen molar-refractivity contribution in [3.8, 4) is 0 Å². The van der Waals surface area contributed by atoms with Crippen molar-refractivity contribution in [2.75, 3.05) is 39.3 Å². The van der Waals surface area contributed by atoms with Crippen LogP contribution in [0.2, 0.25) is 0 Å². The van der Waals surface area contributed by atoms with E-state index in [9.17, 15) is 9.59 Å². The van der Waals surface area contributed by atoms with Gasteiger partial charge < -0.3 is 24.8 Å². The third kappa shape index (κ3) is 5.16. The number of ether oxygens (including phenoxy) is 1. The zero-order valence-corrected chi connectivity index (χ0v) is 18.0. The molecule has 0 aromatic heterocycles. The van der Waals surface area contributed by atoms with Crippen LogP contribution < -0.4 is 5.32 Å². The fourth-order valence-electron chi connectivity index (χ4n) is 5.53. The van der Waals surface area contributed by atoms with Crippen molar-refractivity contribution >= 4 is 12.1 Å². The van der Waals surface area contributed by atoms with E-state index < -0.39 is 0 Å². The number of likely N-dealkylation sites (tertiary alicyclic amines) is 3. The summed E-state index contributed by atoms with van der Waals surface area (Å²) in [5.74, 6) is 0.639. The van der Waals surface area contributed by atoms with Crippen LogP contribution in [0.4, 0.5) is 9.59 Å². The van der Waals surface area contributed by atoms with Gasteiger partial charge >= 0.3 is 12.1 Å². The molecule has 1 aliphatic carbocycles. The number of carbonyl (C=O) groups excluding carboxylic acids is 2. The SMILES string of the molecule is CCOC(=O)N1CCCC(N2CCC(C3CCCN3C(=O)NC3CC3)CC2)CC1. The first-order valence-corrected chi connectivity index (χ1v) is 11.9. The van der Waals surface area contributed by atoms with Crippen LogP contribution in [-0.2, 0) is 4.74 Å². The van der Waals surface area contributed by atoms with Crippen LogP contribution in [0.25, 0.3) is 0 Å². The van der Waals surface area contributed by atoms with Gasteiger partial charge in [-0.2, -0.15) is 0 Å². The first-order chi connectivity index (χ1) is 14.2. The maximum Gasteiger partial charge on any atom is 0.409 e. The van der Waals surface area contributed by atoms with Gasteiger partial charge in [-0.05, 0) is 83.7 Å². The molecule has 0 aromatic carbocycles. The van der Waals surface area contributed by atoms with Crippen LogP contribution >= 0.6 is 0 Å². The number of amides is 3. The van der Waals surface area contributed by atoms with E-state index in [4.69, 9.17) is 4.74 Å². The van der Waals surface area contributed by atoms with Gasteiger partial charge in [0.25, 0.3) is 0 Å². The summed E-state index contributed by atoms with van der Waals surface area (Å²) in [5.41, 5.74) is 0. The molecule has 3 aliphatic heterocycles. The normalized spacial score (nSPS) is 29.6. The standard InChI is InChI=1S/C22H38N4O3/c1-2-29-22(28)25-12-3-5-19(11-16-25)24-14-9-17(10-15-24)20-6-4-13-26(20)21(27)23-18-7-8-18/h17-20H,2-16H2,1H3,(H,23,27). The molecule has 1 saturated carbocycles. The van der Waals surface area contributed by atoms with Crippen molar-refractivity contribution in [1.82, 2.24) is 20.0 Å². The molecule has 0 radical (unpaired) electrons. The lowest BCUT2D eigenvalue weighted by atomic mass is 9.87. The minimum atomic E-state index is -0.155. The Morgan fingerprint density at radius 3 is 2.38 bits per heavy atom. The zero-order chi connectivity index (χ0) is 20.2. The molecule has 3 saturated heterocycles. The van der Waals surface area contributed by atoms with Gasteiger partial charge in [-0.1, -0.05) is 0 Å². The molecule has 3 heterocycles. The third-order valence-electron chi connectivity index (χ3n) is 7.32. The van der Waals surface area contributed by atoms with Crippen molar-refractivity contribution < 1.29 is 14.3 Å². The van der Waals surface area contributed by atoms with Gasteiger partial charge in [0.05, 0.1) is 6.61 Å². The maximum absolute atomic E-state index is 12.6. The Hall–Kier alpha value is -1.50. The van der Waals surface area contributed by atoms with Gasteiger partial charge in [0.2, 0.25) is 0 Å². The molecule has 29 heavy (non-hydrogen) atoms. The van der Waals surface area contributed by atoms with E-state index in [-0.39, 0.29) is 12.1 Å². The van der Waals surface area contributed by atoms with Gasteiger partial charge in [-0.3, -0.25) is 0 Å². The molecule has 4 fully saturated rings. The Kier molecular flexibility index (Phi) is 6.83. The zero-order valence-electron chi connectivity index (χ0n) is 18.0. The van der Waals surface area contributed by atoms with Crippen LogP contribution in [0, 0.1) is 5.92 Å². The third-order valence-corrected chi connectivity index (χ3v) is 7.32. The number of piperidine rings is 1. The molecule has 7 heteroatoms. The second kappa shape index (κ2) is 9.54. The van der Waals surface area contributed by atoms with Crippen LogP contribution in [0.3, 0.4) is 0 Å². The summed E-state index contributed by atoms with van der Waals surface area (Å²) in [6.45, 7) is 7.12. The molecule has 4 aliphatic rings. The fraction of sp³-hybridized carbons (Fsp3) is 0.909. The minimum absolute atomic E-state index is 0.155. The molecule has 0 spiro atoms. The van der Waals surface area contributed by atoms with Crippen LogP contribution in [-0.4, -0.2) is 84.3 Å². The molecular weight excluding hydrogens is 368 g/mol. The lowest BCUT2D eigenvalue weighted by Crippen LogP contribution is -2.50. The lowest BCUT2D eigenvalue weighted by molar-refractivity contribution is 0.0858. The molecule has 164 valence electrons. The fourth-order valence-corrected chi connectivity index (χ4v) is 5.53. The summed E-state index contributed by atoms with van der Waals surface area (Å²) < 4.78 is 5.18. The average molecular weight is 407 g/mol. The van der Waals surface area contributed by atoms with Crippen molar-refractivity contribution in [3.05, 3.63) is 0 Å². The summed E-state index contributed by atoms with van der Waals surface area (Å²) in [5, 5.41) is 3.19. The highest BCUT2D eigenvalue weighted by atomic mass is 16.6. The Labute approximate surface area is 175 Å². The van der Waals surface area contributed by atoms with Crippen molar-refractivity contribution in [1.29, 1.82) is 0 Å². The van der Waals surface area contributed by atoms with Crippen LogP contribution in [0.1, 0.15) is 64.7 Å². The van der Waals surface area contributed by atoms with Gasteiger partial charge in [0, 0.05) is 37.8 Å². The number of nitrogens with one attached hydrogen (secondary N) is 1. The molecule has 2 unspecified atom stereocenters. The highest BCUT2D eigenvalue weighted by molar-refractivity contribution is 5.75.